The van der Waals surface area contributed by atoms with Crippen LogP contribution in [-0.4, -0.2) is 11.8 Å². The molecule has 0 N–H and O–H groups in total. The van der Waals surface area contributed by atoms with Crippen LogP contribution in [0.15, 0.2) is 24.3 Å². The molecule has 0 saturated heterocycles. The number of rotatable bonds is 3. The van der Waals surface area contributed by atoms with Gasteiger partial charge in [0, 0.05) is 24.8 Å². The van der Waals surface area contributed by atoms with E-state index in [1.807, 2.05) is 0 Å². The van der Waals surface area contributed by atoms with E-state index in [1.165, 1.54) is 6.92 Å². The van der Waals surface area contributed by atoms with Gasteiger partial charge in [-0.15, -0.1) is 0 Å². The van der Waals surface area contributed by atoms with Crippen molar-refractivity contribution < 1.29 is 14.3 Å². The van der Waals surface area contributed by atoms with Crippen LogP contribution in [0.1, 0.15) is 26.2 Å². The molecule has 0 aliphatic heterocycles. The van der Waals surface area contributed by atoms with Gasteiger partial charge in [0.25, 0.3) is 5.79 Å². The Kier molecular flexibility index (Phi) is 3.06. The molecule has 2 rings (SSSR count). The monoisotopic (exact) mass is 240 g/mol. The fourth-order valence-electron chi connectivity index (χ4n) is 1.70. The van der Waals surface area contributed by atoms with Crippen molar-refractivity contribution in [1.82, 2.24) is 0 Å². The van der Waals surface area contributed by atoms with Crippen LogP contribution >= 0.6 is 11.6 Å². The summed E-state index contributed by atoms with van der Waals surface area (Å²) in [5.74, 6) is -0.452. The van der Waals surface area contributed by atoms with Gasteiger partial charge in [-0.1, -0.05) is 17.7 Å². The number of hydrogen-bond acceptors (Lipinski definition) is 3. The zero-order valence-electron chi connectivity index (χ0n) is 9.03. The molecule has 0 unspecified atom stereocenters. The summed E-state index contributed by atoms with van der Waals surface area (Å²) in [6.45, 7) is 1.39. The molecule has 4 heteroatoms. The van der Waals surface area contributed by atoms with E-state index in [0.717, 1.165) is 19.3 Å². The van der Waals surface area contributed by atoms with Crippen LogP contribution in [-0.2, 0) is 9.53 Å². The lowest BCUT2D eigenvalue weighted by Crippen LogP contribution is -2.46. The summed E-state index contributed by atoms with van der Waals surface area (Å²) in [5, 5.41) is 0.606. The van der Waals surface area contributed by atoms with E-state index in [-0.39, 0.29) is 5.97 Å². The number of carbonyl (C=O) groups is 1. The highest BCUT2D eigenvalue weighted by atomic mass is 35.5. The lowest BCUT2D eigenvalue weighted by Gasteiger charge is -2.40. The first-order chi connectivity index (χ1) is 7.60. The number of benzene rings is 1. The second kappa shape index (κ2) is 4.34. The first kappa shape index (κ1) is 11.3. The molecule has 1 saturated carbocycles. The molecule has 1 aliphatic rings. The highest BCUT2D eigenvalue weighted by Crippen LogP contribution is 2.38. The summed E-state index contributed by atoms with van der Waals surface area (Å²) in [4.78, 5) is 11.0. The topological polar surface area (TPSA) is 35.5 Å². The third-order valence-corrected chi connectivity index (χ3v) is 2.78. The Bertz CT molecular complexity index is 399. The number of ether oxygens (including phenoxy) is 2. The van der Waals surface area contributed by atoms with E-state index < -0.39 is 5.79 Å². The quantitative estimate of drug-likeness (QED) is 0.601. The van der Waals surface area contributed by atoms with Crippen LogP contribution in [0, 0.1) is 0 Å². The van der Waals surface area contributed by atoms with Gasteiger partial charge < -0.3 is 9.47 Å². The zero-order chi connectivity index (χ0) is 11.6. The predicted molar refractivity (Wildman–Crippen MR) is 60.4 cm³/mol. The summed E-state index contributed by atoms with van der Waals surface area (Å²) in [6, 6.07) is 7.09. The number of carbonyl (C=O) groups excluding carboxylic acids is 1. The Hall–Kier alpha value is -1.22. The SMILES string of the molecule is CC(=O)OC1(Oc2cccc(Cl)c2)CCC1. The maximum atomic E-state index is 11.0. The molecule has 0 spiro atoms. The maximum Gasteiger partial charge on any atom is 0.305 e. The van der Waals surface area contributed by atoms with Crippen LogP contribution in [0.5, 0.6) is 5.75 Å². The molecule has 1 aliphatic carbocycles. The van der Waals surface area contributed by atoms with Crippen molar-refractivity contribution in [2.45, 2.75) is 32.0 Å². The molecule has 0 amide bonds. The van der Waals surface area contributed by atoms with Gasteiger partial charge in [0.1, 0.15) is 5.75 Å². The van der Waals surface area contributed by atoms with Crippen molar-refractivity contribution in [2.24, 2.45) is 0 Å². The van der Waals surface area contributed by atoms with Crippen LogP contribution < -0.4 is 4.74 Å². The second-order valence-corrected chi connectivity index (χ2v) is 4.35. The number of hydrogen-bond donors (Lipinski definition) is 0. The summed E-state index contributed by atoms with van der Waals surface area (Å²) in [5.41, 5.74) is 0. The summed E-state index contributed by atoms with van der Waals surface area (Å²) in [7, 11) is 0. The van der Waals surface area contributed by atoms with E-state index >= 15 is 0 Å². The van der Waals surface area contributed by atoms with Crippen LogP contribution in [0.2, 0.25) is 5.02 Å². The molecule has 86 valence electrons. The van der Waals surface area contributed by atoms with Gasteiger partial charge >= 0.3 is 5.97 Å². The van der Waals surface area contributed by atoms with Gasteiger partial charge in [-0.2, -0.15) is 0 Å². The van der Waals surface area contributed by atoms with Gasteiger partial charge in [0.2, 0.25) is 0 Å². The highest BCUT2D eigenvalue weighted by molar-refractivity contribution is 6.30. The Labute approximate surface area is 99.3 Å². The third kappa shape index (κ3) is 2.47. The smallest absolute Gasteiger partial charge is 0.305 e. The molecule has 0 heterocycles. The number of halogens is 1. The molecule has 1 aromatic carbocycles. The van der Waals surface area contributed by atoms with Crippen molar-refractivity contribution in [2.75, 3.05) is 0 Å². The Balaban J connectivity index is 2.09. The Morgan fingerprint density at radius 1 is 1.44 bits per heavy atom. The average molecular weight is 241 g/mol. The molecule has 0 atom stereocenters. The summed E-state index contributed by atoms with van der Waals surface area (Å²) >= 11 is 5.85. The van der Waals surface area contributed by atoms with Gasteiger partial charge in [-0.25, -0.2) is 0 Å². The standard InChI is InChI=1S/C12H13ClO3/c1-9(14)15-12(6-3-7-12)16-11-5-2-4-10(13)8-11/h2,4-5,8H,3,6-7H2,1H3. The van der Waals surface area contributed by atoms with Gasteiger partial charge in [-0.05, 0) is 24.6 Å². The number of esters is 1. The van der Waals surface area contributed by atoms with Crippen LogP contribution in [0.3, 0.4) is 0 Å². The highest BCUT2D eigenvalue weighted by Gasteiger charge is 2.43. The Morgan fingerprint density at radius 3 is 2.69 bits per heavy atom. The second-order valence-electron chi connectivity index (χ2n) is 3.92. The first-order valence-corrected chi connectivity index (χ1v) is 5.62. The van der Waals surface area contributed by atoms with E-state index in [9.17, 15) is 4.79 Å². The molecule has 16 heavy (non-hydrogen) atoms. The van der Waals surface area contributed by atoms with Gasteiger partial charge in [0.05, 0.1) is 0 Å². The predicted octanol–water partition coefficient (Wildman–Crippen LogP) is 3.16. The lowest BCUT2D eigenvalue weighted by molar-refractivity contribution is -0.223. The summed E-state index contributed by atoms with van der Waals surface area (Å²) in [6.07, 6.45) is 2.48. The van der Waals surface area contributed by atoms with Crippen LogP contribution in [0.25, 0.3) is 0 Å². The normalized spacial score (nSPS) is 17.4. The van der Waals surface area contributed by atoms with Crippen molar-refractivity contribution >= 4 is 17.6 Å². The van der Waals surface area contributed by atoms with Crippen molar-refractivity contribution in [3.05, 3.63) is 29.3 Å². The molecule has 1 fully saturated rings. The van der Waals surface area contributed by atoms with E-state index in [1.54, 1.807) is 24.3 Å². The van der Waals surface area contributed by atoms with E-state index in [4.69, 9.17) is 21.1 Å². The van der Waals surface area contributed by atoms with Crippen LogP contribution in [0.4, 0.5) is 0 Å². The zero-order valence-corrected chi connectivity index (χ0v) is 9.79. The molecule has 1 aromatic rings. The van der Waals surface area contributed by atoms with E-state index in [0.29, 0.717) is 10.8 Å². The third-order valence-electron chi connectivity index (χ3n) is 2.55. The summed E-state index contributed by atoms with van der Waals surface area (Å²) < 4.78 is 10.9. The first-order valence-electron chi connectivity index (χ1n) is 5.24. The minimum Gasteiger partial charge on any atom is -0.452 e. The molecule has 0 radical (unpaired) electrons. The molecule has 0 aromatic heterocycles. The van der Waals surface area contributed by atoms with Crippen molar-refractivity contribution in [1.29, 1.82) is 0 Å². The van der Waals surface area contributed by atoms with Crippen molar-refractivity contribution in [3.63, 3.8) is 0 Å². The minimum atomic E-state index is -0.767. The molecular weight excluding hydrogens is 228 g/mol. The van der Waals surface area contributed by atoms with Gasteiger partial charge in [-0.3, -0.25) is 4.79 Å². The minimum absolute atomic E-state index is 0.318. The Morgan fingerprint density at radius 2 is 2.19 bits per heavy atom. The fourth-order valence-corrected chi connectivity index (χ4v) is 1.88. The van der Waals surface area contributed by atoms with E-state index in [2.05, 4.69) is 0 Å². The van der Waals surface area contributed by atoms with Crippen molar-refractivity contribution in [3.8, 4) is 5.75 Å². The largest absolute Gasteiger partial charge is 0.452 e. The fraction of sp³-hybridized carbons (Fsp3) is 0.417. The molecular formula is C12H13ClO3. The van der Waals surface area contributed by atoms with Gasteiger partial charge in [0.15, 0.2) is 0 Å². The molecule has 0 bridgehead atoms. The molecule has 3 nitrogen and oxygen atoms in total. The lowest BCUT2D eigenvalue weighted by atomic mass is 9.91. The average Bonchev–Trinajstić information content (AvgIpc) is 2.13. The maximum absolute atomic E-state index is 11.0.